The maximum Gasteiger partial charge on any atom is 0.240 e. The molecule has 1 aliphatic heterocycles. The molecule has 1 aromatic carbocycles. The number of hydrogen-bond acceptors (Lipinski definition) is 4. The predicted molar refractivity (Wildman–Crippen MR) is 76.5 cm³/mol. The zero-order valence-electron chi connectivity index (χ0n) is 11.4. The van der Waals surface area contributed by atoms with E-state index in [-0.39, 0.29) is 23.0 Å². The van der Waals surface area contributed by atoms with E-state index in [0.717, 1.165) is 6.07 Å². The van der Waals surface area contributed by atoms with Crippen LogP contribution in [-0.2, 0) is 14.8 Å². The molecule has 5 nitrogen and oxygen atoms in total. The SMILES string of the molecule is NCC#Cc1ccc(S(=O)(=O)NC2CCOCC2)cc1F. The molecule has 0 aromatic heterocycles. The van der Waals surface area contributed by atoms with E-state index in [2.05, 4.69) is 16.6 Å². The van der Waals surface area contributed by atoms with Gasteiger partial charge in [-0.25, -0.2) is 17.5 Å². The molecule has 21 heavy (non-hydrogen) atoms. The smallest absolute Gasteiger partial charge is 0.240 e. The normalized spacial score (nSPS) is 16.3. The molecule has 114 valence electrons. The van der Waals surface area contributed by atoms with Crippen molar-refractivity contribution in [2.75, 3.05) is 19.8 Å². The zero-order valence-corrected chi connectivity index (χ0v) is 12.2. The third kappa shape index (κ3) is 4.25. The lowest BCUT2D eigenvalue weighted by atomic mass is 10.1. The van der Waals surface area contributed by atoms with Crippen LogP contribution in [0.25, 0.3) is 0 Å². The van der Waals surface area contributed by atoms with Crippen LogP contribution < -0.4 is 10.5 Å². The molecule has 0 aliphatic carbocycles. The summed E-state index contributed by atoms with van der Waals surface area (Å²) in [5.74, 6) is 4.40. The van der Waals surface area contributed by atoms with Crippen molar-refractivity contribution >= 4 is 10.0 Å². The summed E-state index contributed by atoms with van der Waals surface area (Å²) in [4.78, 5) is -0.107. The van der Waals surface area contributed by atoms with Crippen molar-refractivity contribution in [3.63, 3.8) is 0 Å². The van der Waals surface area contributed by atoms with Gasteiger partial charge in [0, 0.05) is 19.3 Å². The highest BCUT2D eigenvalue weighted by Gasteiger charge is 2.22. The van der Waals surface area contributed by atoms with Gasteiger partial charge in [-0.05, 0) is 31.0 Å². The van der Waals surface area contributed by atoms with Crippen LogP contribution >= 0.6 is 0 Å². The number of benzene rings is 1. The highest BCUT2D eigenvalue weighted by Crippen LogP contribution is 2.16. The molecule has 2 rings (SSSR count). The summed E-state index contributed by atoms with van der Waals surface area (Å²) in [7, 11) is -3.74. The molecule has 0 radical (unpaired) electrons. The minimum absolute atomic E-state index is 0.107. The molecule has 1 heterocycles. The summed E-state index contributed by atoms with van der Waals surface area (Å²) >= 11 is 0. The van der Waals surface area contributed by atoms with Crippen molar-refractivity contribution in [3.8, 4) is 11.8 Å². The number of sulfonamides is 1. The zero-order chi connectivity index (χ0) is 15.3. The van der Waals surface area contributed by atoms with Gasteiger partial charge in [-0.2, -0.15) is 0 Å². The Kier molecular flexibility index (Phi) is 5.31. The Morgan fingerprint density at radius 2 is 2.10 bits per heavy atom. The van der Waals surface area contributed by atoms with Crippen LogP contribution in [0.4, 0.5) is 4.39 Å². The van der Waals surface area contributed by atoms with Crippen molar-refractivity contribution in [1.82, 2.24) is 4.72 Å². The highest BCUT2D eigenvalue weighted by molar-refractivity contribution is 7.89. The van der Waals surface area contributed by atoms with E-state index >= 15 is 0 Å². The maximum atomic E-state index is 13.8. The van der Waals surface area contributed by atoms with Gasteiger partial charge in [0.1, 0.15) is 5.82 Å². The molecule has 0 amide bonds. The summed E-state index contributed by atoms with van der Waals surface area (Å²) in [5, 5.41) is 0. The Balaban J connectivity index is 2.18. The Morgan fingerprint density at radius 3 is 2.71 bits per heavy atom. The molecule has 7 heteroatoms. The van der Waals surface area contributed by atoms with E-state index in [1.165, 1.54) is 12.1 Å². The number of hydrogen-bond donors (Lipinski definition) is 2. The number of nitrogens with two attached hydrogens (primary N) is 1. The summed E-state index contributed by atoms with van der Waals surface area (Å²) in [6.07, 6.45) is 1.23. The average molecular weight is 312 g/mol. The van der Waals surface area contributed by atoms with Crippen molar-refractivity contribution in [2.45, 2.75) is 23.8 Å². The molecule has 1 saturated heterocycles. The van der Waals surface area contributed by atoms with Gasteiger partial charge in [0.05, 0.1) is 17.0 Å². The fraction of sp³-hybridized carbons (Fsp3) is 0.429. The number of halogens is 1. The standard InChI is InChI=1S/C14H17FN2O3S/c15-14-10-13(4-3-11(14)2-1-7-16)21(18,19)17-12-5-8-20-9-6-12/h3-4,10,12,17H,5-9,16H2. The van der Waals surface area contributed by atoms with Crippen molar-refractivity contribution in [2.24, 2.45) is 5.73 Å². The van der Waals surface area contributed by atoms with Gasteiger partial charge < -0.3 is 10.5 Å². The van der Waals surface area contributed by atoms with Crippen LogP contribution in [0.1, 0.15) is 18.4 Å². The van der Waals surface area contributed by atoms with Gasteiger partial charge in [-0.3, -0.25) is 0 Å². The lowest BCUT2D eigenvalue weighted by Gasteiger charge is -2.22. The van der Waals surface area contributed by atoms with E-state index in [1.807, 2.05) is 0 Å². The first-order valence-corrected chi connectivity index (χ1v) is 8.10. The minimum Gasteiger partial charge on any atom is -0.381 e. The molecule has 0 bridgehead atoms. The lowest BCUT2D eigenvalue weighted by molar-refractivity contribution is 0.0832. The monoisotopic (exact) mass is 312 g/mol. The molecular formula is C14H17FN2O3S. The van der Waals surface area contributed by atoms with Gasteiger partial charge in [0.15, 0.2) is 0 Å². The van der Waals surface area contributed by atoms with Gasteiger partial charge >= 0.3 is 0 Å². The van der Waals surface area contributed by atoms with E-state index in [0.29, 0.717) is 26.1 Å². The van der Waals surface area contributed by atoms with Gasteiger partial charge in [0.25, 0.3) is 0 Å². The van der Waals surface area contributed by atoms with Crippen LogP contribution in [0.5, 0.6) is 0 Å². The van der Waals surface area contributed by atoms with Gasteiger partial charge in [-0.1, -0.05) is 11.8 Å². The first kappa shape index (κ1) is 15.9. The predicted octanol–water partition coefficient (Wildman–Crippen LogP) is 0.593. The third-order valence-corrected chi connectivity index (χ3v) is 4.64. The number of rotatable bonds is 3. The van der Waals surface area contributed by atoms with E-state index in [9.17, 15) is 12.8 Å². The molecule has 1 aliphatic rings. The summed E-state index contributed by atoms with van der Waals surface area (Å²) < 4.78 is 46.0. The van der Waals surface area contributed by atoms with Crippen molar-refractivity contribution < 1.29 is 17.5 Å². The summed E-state index contributed by atoms with van der Waals surface area (Å²) in [6.45, 7) is 1.16. The molecule has 0 atom stereocenters. The molecule has 3 N–H and O–H groups in total. The van der Waals surface area contributed by atoms with E-state index < -0.39 is 15.8 Å². The van der Waals surface area contributed by atoms with Crippen LogP contribution in [0.3, 0.4) is 0 Å². The van der Waals surface area contributed by atoms with Crippen LogP contribution in [-0.4, -0.2) is 34.2 Å². The molecule has 0 saturated carbocycles. The lowest BCUT2D eigenvalue weighted by Crippen LogP contribution is -2.38. The molecule has 1 fully saturated rings. The molecular weight excluding hydrogens is 295 g/mol. The second-order valence-corrected chi connectivity index (χ2v) is 6.37. The van der Waals surface area contributed by atoms with Gasteiger partial charge in [-0.15, -0.1) is 0 Å². The molecule has 1 aromatic rings. The summed E-state index contributed by atoms with van der Waals surface area (Å²) in [5.41, 5.74) is 5.35. The first-order chi connectivity index (χ1) is 10.0. The second kappa shape index (κ2) is 7.00. The number of nitrogens with one attached hydrogen (secondary N) is 1. The topological polar surface area (TPSA) is 81.4 Å². The third-order valence-electron chi connectivity index (χ3n) is 3.12. The fourth-order valence-electron chi connectivity index (χ4n) is 2.01. The maximum absolute atomic E-state index is 13.8. The van der Waals surface area contributed by atoms with Gasteiger partial charge in [0.2, 0.25) is 10.0 Å². The molecule has 0 spiro atoms. The Hall–Kier alpha value is -1.46. The Labute approximate surface area is 123 Å². The first-order valence-electron chi connectivity index (χ1n) is 6.61. The van der Waals surface area contributed by atoms with E-state index in [1.54, 1.807) is 0 Å². The van der Waals surface area contributed by atoms with Crippen LogP contribution in [0, 0.1) is 17.7 Å². The van der Waals surface area contributed by atoms with Crippen molar-refractivity contribution in [1.29, 1.82) is 0 Å². The van der Waals surface area contributed by atoms with Crippen LogP contribution in [0.15, 0.2) is 23.1 Å². The average Bonchev–Trinajstić information content (AvgIpc) is 2.46. The Bertz CT molecular complexity index is 659. The van der Waals surface area contributed by atoms with Crippen LogP contribution in [0.2, 0.25) is 0 Å². The van der Waals surface area contributed by atoms with E-state index in [4.69, 9.17) is 10.5 Å². The summed E-state index contributed by atoms with van der Waals surface area (Å²) in [6, 6.07) is 3.48. The molecule has 0 unspecified atom stereocenters. The quantitative estimate of drug-likeness (QED) is 0.801. The largest absolute Gasteiger partial charge is 0.381 e. The number of ether oxygens (including phenoxy) is 1. The fourth-order valence-corrected chi connectivity index (χ4v) is 3.33. The Morgan fingerprint density at radius 1 is 1.38 bits per heavy atom. The second-order valence-electron chi connectivity index (χ2n) is 4.66. The minimum atomic E-state index is -3.74. The van der Waals surface area contributed by atoms with Crippen molar-refractivity contribution in [3.05, 3.63) is 29.6 Å². The highest BCUT2D eigenvalue weighted by atomic mass is 32.2.